The highest BCUT2D eigenvalue weighted by Gasteiger charge is 2.31. The SMILES string of the molecule is CC(C)(CC(N)=O)NC(=O)N1CCC(CC(=O)O)C1. The van der Waals surface area contributed by atoms with Crippen molar-refractivity contribution in [2.45, 2.75) is 38.6 Å². The van der Waals surface area contributed by atoms with Crippen LogP contribution in [0.15, 0.2) is 0 Å². The molecule has 0 radical (unpaired) electrons. The van der Waals surface area contributed by atoms with Crippen LogP contribution in [0, 0.1) is 5.92 Å². The summed E-state index contributed by atoms with van der Waals surface area (Å²) in [7, 11) is 0. The summed E-state index contributed by atoms with van der Waals surface area (Å²) in [5.74, 6) is -1.32. The molecule has 1 saturated heterocycles. The number of primary amides is 1. The number of urea groups is 1. The molecule has 0 aliphatic carbocycles. The lowest BCUT2D eigenvalue weighted by Gasteiger charge is -2.28. The number of carboxylic acids is 1. The molecule has 108 valence electrons. The molecule has 4 N–H and O–H groups in total. The van der Waals surface area contributed by atoms with Crippen molar-refractivity contribution >= 4 is 17.9 Å². The number of hydrogen-bond donors (Lipinski definition) is 3. The highest BCUT2D eigenvalue weighted by Crippen LogP contribution is 2.20. The fraction of sp³-hybridized carbons (Fsp3) is 0.750. The summed E-state index contributed by atoms with van der Waals surface area (Å²) in [6.07, 6.45) is 0.829. The van der Waals surface area contributed by atoms with E-state index in [0.29, 0.717) is 19.5 Å². The topological polar surface area (TPSA) is 113 Å². The van der Waals surface area contributed by atoms with E-state index < -0.39 is 17.4 Å². The van der Waals surface area contributed by atoms with Crippen molar-refractivity contribution < 1.29 is 19.5 Å². The van der Waals surface area contributed by atoms with Gasteiger partial charge in [-0.15, -0.1) is 0 Å². The number of carbonyl (C=O) groups is 3. The predicted octanol–water partition coefficient (Wildman–Crippen LogP) is 0.147. The normalized spacial score (nSPS) is 19.3. The van der Waals surface area contributed by atoms with Gasteiger partial charge in [0.1, 0.15) is 0 Å². The number of aliphatic carboxylic acids is 1. The average molecular weight is 271 g/mol. The Morgan fingerprint density at radius 3 is 2.58 bits per heavy atom. The van der Waals surface area contributed by atoms with E-state index in [-0.39, 0.29) is 24.8 Å². The maximum atomic E-state index is 12.0. The lowest BCUT2D eigenvalue weighted by molar-refractivity contribution is -0.138. The molecule has 0 bridgehead atoms. The molecule has 3 amide bonds. The summed E-state index contributed by atoms with van der Waals surface area (Å²) in [4.78, 5) is 35.1. The summed E-state index contributed by atoms with van der Waals surface area (Å²) < 4.78 is 0. The van der Waals surface area contributed by atoms with Crippen molar-refractivity contribution in [2.24, 2.45) is 11.7 Å². The van der Waals surface area contributed by atoms with Gasteiger partial charge in [-0.25, -0.2) is 4.79 Å². The van der Waals surface area contributed by atoms with Gasteiger partial charge in [0.25, 0.3) is 0 Å². The Hall–Kier alpha value is -1.79. The quantitative estimate of drug-likeness (QED) is 0.660. The molecule has 1 aliphatic rings. The van der Waals surface area contributed by atoms with E-state index in [1.54, 1.807) is 18.7 Å². The van der Waals surface area contributed by atoms with E-state index in [4.69, 9.17) is 10.8 Å². The number of nitrogens with zero attached hydrogens (tertiary/aromatic N) is 1. The van der Waals surface area contributed by atoms with Gasteiger partial charge in [0.05, 0.1) is 0 Å². The third kappa shape index (κ3) is 5.15. The Bertz CT molecular complexity index is 381. The van der Waals surface area contributed by atoms with Gasteiger partial charge in [-0.1, -0.05) is 0 Å². The van der Waals surface area contributed by atoms with Gasteiger partial charge in [-0.05, 0) is 26.2 Å². The highest BCUT2D eigenvalue weighted by molar-refractivity contribution is 5.79. The zero-order valence-electron chi connectivity index (χ0n) is 11.3. The predicted molar refractivity (Wildman–Crippen MR) is 68.4 cm³/mol. The molecule has 7 heteroatoms. The Labute approximate surface area is 112 Å². The van der Waals surface area contributed by atoms with Gasteiger partial charge in [0.15, 0.2) is 0 Å². The van der Waals surface area contributed by atoms with Crippen LogP contribution in [-0.2, 0) is 9.59 Å². The zero-order valence-corrected chi connectivity index (χ0v) is 11.3. The molecule has 7 nitrogen and oxygen atoms in total. The van der Waals surface area contributed by atoms with E-state index >= 15 is 0 Å². The monoisotopic (exact) mass is 271 g/mol. The Morgan fingerprint density at radius 1 is 1.42 bits per heavy atom. The highest BCUT2D eigenvalue weighted by atomic mass is 16.4. The van der Waals surface area contributed by atoms with Crippen LogP contribution in [0.25, 0.3) is 0 Å². The van der Waals surface area contributed by atoms with Gasteiger partial charge < -0.3 is 21.1 Å². The molecule has 1 aliphatic heterocycles. The molecule has 0 aromatic carbocycles. The van der Waals surface area contributed by atoms with E-state index in [0.717, 1.165) is 0 Å². The van der Waals surface area contributed by atoms with Gasteiger partial charge in [0.2, 0.25) is 5.91 Å². The zero-order chi connectivity index (χ0) is 14.6. The van der Waals surface area contributed by atoms with Crippen molar-refractivity contribution in [3.8, 4) is 0 Å². The minimum Gasteiger partial charge on any atom is -0.481 e. The smallest absolute Gasteiger partial charge is 0.317 e. The lowest BCUT2D eigenvalue weighted by atomic mass is 10.0. The Balaban J connectivity index is 2.47. The third-order valence-electron chi connectivity index (χ3n) is 3.10. The molecule has 19 heavy (non-hydrogen) atoms. The molecule has 1 rings (SSSR count). The number of amides is 3. The van der Waals surface area contributed by atoms with Crippen molar-refractivity contribution in [3.63, 3.8) is 0 Å². The van der Waals surface area contributed by atoms with Gasteiger partial charge in [-0.3, -0.25) is 9.59 Å². The van der Waals surface area contributed by atoms with E-state index in [2.05, 4.69) is 5.32 Å². The average Bonchev–Trinajstić information content (AvgIpc) is 2.61. The van der Waals surface area contributed by atoms with Crippen molar-refractivity contribution in [1.82, 2.24) is 10.2 Å². The second-order valence-corrected chi connectivity index (χ2v) is 5.66. The van der Waals surface area contributed by atoms with Gasteiger partial charge in [-0.2, -0.15) is 0 Å². The van der Waals surface area contributed by atoms with Gasteiger partial charge >= 0.3 is 12.0 Å². The first-order chi connectivity index (χ1) is 8.69. The number of carboxylic acid groups (broad SMARTS) is 1. The summed E-state index contributed by atoms with van der Waals surface area (Å²) in [5.41, 5.74) is 4.41. The van der Waals surface area contributed by atoms with Crippen LogP contribution >= 0.6 is 0 Å². The lowest BCUT2D eigenvalue weighted by Crippen LogP contribution is -2.51. The summed E-state index contributed by atoms with van der Waals surface area (Å²) in [5, 5.41) is 11.5. The van der Waals surface area contributed by atoms with Crippen LogP contribution in [0.5, 0.6) is 0 Å². The number of nitrogens with one attached hydrogen (secondary N) is 1. The van der Waals surface area contributed by atoms with Crippen LogP contribution in [0.2, 0.25) is 0 Å². The van der Waals surface area contributed by atoms with Crippen LogP contribution in [-0.4, -0.2) is 46.5 Å². The van der Waals surface area contributed by atoms with Crippen molar-refractivity contribution in [1.29, 1.82) is 0 Å². The third-order valence-corrected chi connectivity index (χ3v) is 3.10. The molecule has 1 atom stereocenters. The molecular formula is C12H21N3O4. The number of carbonyl (C=O) groups excluding carboxylic acids is 2. The molecule has 0 aromatic heterocycles. The van der Waals surface area contributed by atoms with Crippen LogP contribution in [0.1, 0.15) is 33.1 Å². The first kappa shape index (κ1) is 15.3. The van der Waals surface area contributed by atoms with E-state index in [9.17, 15) is 14.4 Å². The summed E-state index contributed by atoms with van der Waals surface area (Å²) in [6.45, 7) is 4.42. The first-order valence-corrected chi connectivity index (χ1v) is 6.27. The number of nitrogens with two attached hydrogens (primary N) is 1. The maximum absolute atomic E-state index is 12.0. The number of rotatable bonds is 5. The standard InChI is InChI=1S/C12H21N3O4/c1-12(2,6-9(13)16)14-11(19)15-4-3-8(7-15)5-10(17)18/h8H,3-7H2,1-2H3,(H2,13,16)(H,14,19)(H,17,18). The second kappa shape index (κ2) is 5.90. The minimum atomic E-state index is -0.846. The molecule has 1 heterocycles. The largest absolute Gasteiger partial charge is 0.481 e. The fourth-order valence-corrected chi connectivity index (χ4v) is 2.28. The molecule has 1 unspecified atom stereocenters. The minimum absolute atomic E-state index is 0.00232. The molecule has 1 fully saturated rings. The molecule has 0 aromatic rings. The van der Waals surface area contributed by atoms with E-state index in [1.807, 2.05) is 0 Å². The first-order valence-electron chi connectivity index (χ1n) is 6.27. The van der Waals surface area contributed by atoms with E-state index in [1.165, 1.54) is 0 Å². The van der Waals surface area contributed by atoms with Gasteiger partial charge in [0, 0.05) is 31.5 Å². The molecular weight excluding hydrogens is 250 g/mol. The fourth-order valence-electron chi connectivity index (χ4n) is 2.28. The van der Waals surface area contributed by atoms with Crippen LogP contribution < -0.4 is 11.1 Å². The van der Waals surface area contributed by atoms with Crippen molar-refractivity contribution in [2.75, 3.05) is 13.1 Å². The molecule has 0 spiro atoms. The second-order valence-electron chi connectivity index (χ2n) is 5.66. The Kier molecular flexibility index (Phi) is 4.74. The summed E-state index contributed by atoms with van der Waals surface area (Å²) in [6, 6.07) is -0.279. The van der Waals surface area contributed by atoms with Crippen LogP contribution in [0.3, 0.4) is 0 Å². The molecule has 0 saturated carbocycles. The van der Waals surface area contributed by atoms with Crippen LogP contribution in [0.4, 0.5) is 4.79 Å². The Morgan fingerprint density at radius 2 is 2.05 bits per heavy atom. The summed E-state index contributed by atoms with van der Waals surface area (Å²) >= 11 is 0. The number of likely N-dealkylation sites (tertiary alicyclic amines) is 1. The van der Waals surface area contributed by atoms with Crippen molar-refractivity contribution in [3.05, 3.63) is 0 Å². The maximum Gasteiger partial charge on any atom is 0.317 e. The number of hydrogen-bond acceptors (Lipinski definition) is 3.